The quantitative estimate of drug-likeness (QED) is 0.861. The van der Waals surface area contributed by atoms with E-state index in [4.69, 9.17) is 0 Å². The number of nitrogens with one attached hydrogen (secondary N) is 1. The Morgan fingerprint density at radius 1 is 1.15 bits per heavy atom. The van der Waals surface area contributed by atoms with Gasteiger partial charge in [0.1, 0.15) is 0 Å². The van der Waals surface area contributed by atoms with Crippen molar-refractivity contribution in [1.29, 1.82) is 0 Å². The highest BCUT2D eigenvalue weighted by Gasteiger charge is 2.43. The number of nitrogens with zero attached hydrogens (tertiary/aromatic N) is 4. The van der Waals surface area contributed by atoms with Gasteiger partial charge in [-0.2, -0.15) is 0 Å². The molecular formula is C20H27N5O. The Hall–Kier alpha value is -2.34. The molecule has 1 amide bonds. The van der Waals surface area contributed by atoms with Crippen molar-refractivity contribution in [1.82, 2.24) is 19.8 Å². The Labute approximate surface area is 154 Å². The van der Waals surface area contributed by atoms with E-state index in [1.165, 1.54) is 5.69 Å². The zero-order valence-corrected chi connectivity index (χ0v) is 15.4. The first-order valence-electron chi connectivity index (χ1n) is 9.41. The molecule has 0 unspecified atom stereocenters. The number of aromatic nitrogens is 2. The smallest absolute Gasteiger partial charge is 0.251 e. The van der Waals surface area contributed by atoms with Crippen molar-refractivity contribution >= 4 is 11.6 Å². The van der Waals surface area contributed by atoms with E-state index in [0.717, 1.165) is 57.7 Å². The summed E-state index contributed by atoms with van der Waals surface area (Å²) in [6.45, 7) is 5.90. The summed E-state index contributed by atoms with van der Waals surface area (Å²) in [5.74, 6) is 0.0202. The number of imidazole rings is 1. The third-order valence-electron chi connectivity index (χ3n) is 5.66. The molecule has 138 valence electrons. The lowest BCUT2D eigenvalue weighted by Gasteiger charge is -2.34. The van der Waals surface area contributed by atoms with Crippen LogP contribution in [0.3, 0.4) is 0 Å². The van der Waals surface area contributed by atoms with Crippen molar-refractivity contribution in [2.75, 3.05) is 44.7 Å². The van der Waals surface area contributed by atoms with Crippen molar-refractivity contribution in [2.24, 2.45) is 5.41 Å². The van der Waals surface area contributed by atoms with Crippen LogP contribution < -0.4 is 10.2 Å². The van der Waals surface area contributed by atoms with E-state index in [9.17, 15) is 4.79 Å². The molecule has 1 aliphatic heterocycles. The second-order valence-electron chi connectivity index (χ2n) is 7.75. The van der Waals surface area contributed by atoms with Crippen molar-refractivity contribution in [3.05, 3.63) is 48.5 Å². The fourth-order valence-electron chi connectivity index (χ4n) is 3.59. The molecule has 2 aromatic rings. The van der Waals surface area contributed by atoms with Crippen molar-refractivity contribution in [3.63, 3.8) is 0 Å². The van der Waals surface area contributed by atoms with Gasteiger partial charge in [-0.1, -0.05) is 0 Å². The zero-order chi connectivity index (χ0) is 18.0. The summed E-state index contributed by atoms with van der Waals surface area (Å²) in [5.41, 5.74) is 2.14. The predicted octanol–water partition coefficient (Wildman–Crippen LogP) is 1.85. The Bertz CT molecular complexity index is 728. The summed E-state index contributed by atoms with van der Waals surface area (Å²) < 4.78 is 2.10. The molecule has 1 aliphatic carbocycles. The normalized spacial score (nSPS) is 19.3. The lowest BCUT2D eigenvalue weighted by molar-refractivity contribution is 0.0943. The average Bonchev–Trinajstić information content (AvgIpc) is 3.23. The number of rotatable bonds is 6. The monoisotopic (exact) mass is 353 g/mol. The Kier molecular flexibility index (Phi) is 4.68. The van der Waals surface area contributed by atoms with E-state index in [2.05, 4.69) is 43.8 Å². The van der Waals surface area contributed by atoms with Gasteiger partial charge in [-0.05, 0) is 44.2 Å². The number of hydrogen-bond acceptors (Lipinski definition) is 4. The molecule has 0 bridgehead atoms. The van der Waals surface area contributed by atoms with Crippen LogP contribution in [0.25, 0.3) is 0 Å². The van der Waals surface area contributed by atoms with Gasteiger partial charge in [0.2, 0.25) is 0 Å². The lowest BCUT2D eigenvalue weighted by Crippen LogP contribution is -2.44. The third kappa shape index (κ3) is 3.90. The highest BCUT2D eigenvalue weighted by atomic mass is 16.1. The standard InChI is InChI=1S/C20H27N5O/c1-23-10-12-25(13-11-23)18-4-2-17(3-5-18)19(26)22-14-20(6-7-20)15-24-9-8-21-16-24/h2-5,8-9,16H,6-7,10-15H2,1H3,(H,22,26). The topological polar surface area (TPSA) is 53.4 Å². The van der Waals surface area contributed by atoms with Crippen LogP contribution in [0.4, 0.5) is 5.69 Å². The van der Waals surface area contributed by atoms with Crippen LogP contribution in [-0.2, 0) is 6.54 Å². The van der Waals surface area contributed by atoms with E-state index in [-0.39, 0.29) is 11.3 Å². The van der Waals surface area contributed by atoms with Crippen molar-refractivity contribution in [3.8, 4) is 0 Å². The molecule has 6 heteroatoms. The molecule has 4 rings (SSSR count). The van der Waals surface area contributed by atoms with Gasteiger partial charge in [-0.15, -0.1) is 0 Å². The van der Waals surface area contributed by atoms with Crippen LogP contribution >= 0.6 is 0 Å². The number of anilines is 1. The maximum Gasteiger partial charge on any atom is 0.251 e. The van der Waals surface area contributed by atoms with Crippen LogP contribution in [0, 0.1) is 5.41 Å². The molecule has 26 heavy (non-hydrogen) atoms. The Balaban J connectivity index is 1.31. The van der Waals surface area contributed by atoms with Crippen LogP contribution in [0.15, 0.2) is 43.0 Å². The van der Waals surface area contributed by atoms with Gasteiger partial charge in [0, 0.05) is 68.3 Å². The number of likely N-dealkylation sites (N-methyl/N-ethyl adjacent to an activating group) is 1. The van der Waals surface area contributed by atoms with Gasteiger partial charge in [-0.25, -0.2) is 4.98 Å². The number of hydrogen-bond donors (Lipinski definition) is 1. The maximum atomic E-state index is 12.5. The summed E-state index contributed by atoms with van der Waals surface area (Å²) in [6.07, 6.45) is 7.95. The fraction of sp³-hybridized carbons (Fsp3) is 0.500. The minimum absolute atomic E-state index is 0.0202. The molecule has 2 heterocycles. The minimum Gasteiger partial charge on any atom is -0.369 e. The van der Waals surface area contributed by atoms with E-state index >= 15 is 0 Å². The van der Waals surface area contributed by atoms with E-state index in [0.29, 0.717) is 0 Å². The lowest BCUT2D eigenvalue weighted by atomic mass is 10.1. The summed E-state index contributed by atoms with van der Waals surface area (Å²) in [6, 6.07) is 8.02. The van der Waals surface area contributed by atoms with Gasteiger partial charge < -0.3 is 19.7 Å². The number of piperazine rings is 1. The Morgan fingerprint density at radius 2 is 1.88 bits per heavy atom. The van der Waals surface area contributed by atoms with Gasteiger partial charge >= 0.3 is 0 Å². The van der Waals surface area contributed by atoms with Crippen LogP contribution in [0.5, 0.6) is 0 Å². The van der Waals surface area contributed by atoms with Gasteiger partial charge in [0.05, 0.1) is 6.33 Å². The second kappa shape index (κ2) is 7.11. The summed E-state index contributed by atoms with van der Waals surface area (Å²) in [4.78, 5) is 21.3. The molecule has 1 aromatic heterocycles. The molecule has 6 nitrogen and oxygen atoms in total. The number of carbonyl (C=O) groups is 1. The molecule has 1 N–H and O–H groups in total. The fourth-order valence-corrected chi connectivity index (χ4v) is 3.59. The predicted molar refractivity (Wildman–Crippen MR) is 102 cm³/mol. The summed E-state index contributed by atoms with van der Waals surface area (Å²) >= 11 is 0. The maximum absolute atomic E-state index is 12.5. The number of benzene rings is 1. The highest BCUT2D eigenvalue weighted by Crippen LogP contribution is 2.46. The minimum atomic E-state index is 0.0202. The first-order valence-corrected chi connectivity index (χ1v) is 9.41. The zero-order valence-electron chi connectivity index (χ0n) is 15.4. The van der Waals surface area contributed by atoms with Gasteiger partial charge in [0.25, 0.3) is 5.91 Å². The van der Waals surface area contributed by atoms with Gasteiger partial charge in [-0.3, -0.25) is 4.79 Å². The second-order valence-corrected chi connectivity index (χ2v) is 7.75. The molecule has 1 saturated carbocycles. The third-order valence-corrected chi connectivity index (χ3v) is 5.66. The summed E-state index contributed by atoms with van der Waals surface area (Å²) in [5, 5.41) is 3.13. The highest BCUT2D eigenvalue weighted by molar-refractivity contribution is 5.94. The largest absolute Gasteiger partial charge is 0.369 e. The van der Waals surface area contributed by atoms with E-state index in [1.807, 2.05) is 24.7 Å². The molecule has 0 spiro atoms. The first-order chi connectivity index (χ1) is 12.6. The summed E-state index contributed by atoms with van der Waals surface area (Å²) in [7, 11) is 2.16. The number of carbonyl (C=O) groups excluding carboxylic acids is 1. The molecular weight excluding hydrogens is 326 g/mol. The molecule has 0 atom stereocenters. The van der Waals surface area contributed by atoms with E-state index < -0.39 is 0 Å². The van der Waals surface area contributed by atoms with Crippen molar-refractivity contribution in [2.45, 2.75) is 19.4 Å². The van der Waals surface area contributed by atoms with Crippen molar-refractivity contribution < 1.29 is 4.79 Å². The molecule has 0 radical (unpaired) electrons. The van der Waals surface area contributed by atoms with Gasteiger partial charge in [0.15, 0.2) is 0 Å². The van der Waals surface area contributed by atoms with E-state index in [1.54, 1.807) is 6.20 Å². The number of amides is 1. The average molecular weight is 353 g/mol. The Morgan fingerprint density at radius 3 is 2.50 bits per heavy atom. The molecule has 1 aromatic carbocycles. The molecule has 2 aliphatic rings. The van der Waals surface area contributed by atoms with Crippen LogP contribution in [-0.4, -0.2) is 60.1 Å². The van der Waals surface area contributed by atoms with Crippen LogP contribution in [0.2, 0.25) is 0 Å². The van der Waals surface area contributed by atoms with Crippen LogP contribution in [0.1, 0.15) is 23.2 Å². The molecule has 1 saturated heterocycles. The SMILES string of the molecule is CN1CCN(c2ccc(C(=O)NCC3(Cn4ccnc4)CC3)cc2)CC1. The molecule has 2 fully saturated rings. The first kappa shape index (κ1) is 17.1.